The minimum absolute atomic E-state index is 0.0477. The SMILES string of the molecule is CC(=O)C(C=Cc1ccc([N+](=O)[O-])cc1)C(=O)O. The zero-order valence-electron chi connectivity index (χ0n) is 9.57. The van der Waals surface area contributed by atoms with Crippen molar-refractivity contribution in [2.75, 3.05) is 0 Å². The van der Waals surface area contributed by atoms with Gasteiger partial charge in [-0.1, -0.05) is 12.2 Å². The first-order valence-electron chi connectivity index (χ1n) is 5.07. The lowest BCUT2D eigenvalue weighted by Crippen LogP contribution is -2.18. The molecule has 0 aliphatic carbocycles. The van der Waals surface area contributed by atoms with Crippen molar-refractivity contribution in [3.63, 3.8) is 0 Å². The molecule has 1 aromatic carbocycles. The predicted octanol–water partition coefficient (Wildman–Crippen LogP) is 1.90. The van der Waals surface area contributed by atoms with Gasteiger partial charge in [0.15, 0.2) is 0 Å². The van der Waals surface area contributed by atoms with E-state index in [4.69, 9.17) is 5.11 Å². The Labute approximate surface area is 103 Å². The molecule has 0 bridgehead atoms. The standard InChI is InChI=1S/C12H11NO5/c1-8(14)11(12(15)16)7-4-9-2-5-10(6-3-9)13(17)18/h2-7,11H,1H3,(H,15,16). The highest BCUT2D eigenvalue weighted by Gasteiger charge is 2.18. The summed E-state index contributed by atoms with van der Waals surface area (Å²) in [5.74, 6) is -2.89. The summed E-state index contributed by atoms with van der Waals surface area (Å²) in [6.07, 6.45) is 2.70. The third-order valence-electron chi connectivity index (χ3n) is 2.29. The summed E-state index contributed by atoms with van der Waals surface area (Å²) in [6.45, 7) is 1.19. The van der Waals surface area contributed by atoms with Gasteiger partial charge in [-0.15, -0.1) is 0 Å². The average Bonchev–Trinajstić information content (AvgIpc) is 2.28. The van der Waals surface area contributed by atoms with E-state index in [9.17, 15) is 19.7 Å². The summed E-state index contributed by atoms with van der Waals surface area (Å²) in [6, 6.07) is 5.58. The van der Waals surface area contributed by atoms with Crippen molar-refractivity contribution in [2.24, 2.45) is 5.92 Å². The zero-order chi connectivity index (χ0) is 13.7. The fourth-order valence-corrected chi connectivity index (χ4v) is 1.31. The minimum Gasteiger partial charge on any atom is -0.480 e. The number of nitrogens with zero attached hydrogens (tertiary/aromatic N) is 1. The smallest absolute Gasteiger partial charge is 0.317 e. The van der Waals surface area contributed by atoms with E-state index in [0.717, 1.165) is 0 Å². The third kappa shape index (κ3) is 3.51. The van der Waals surface area contributed by atoms with E-state index in [-0.39, 0.29) is 5.69 Å². The number of nitro groups is 1. The van der Waals surface area contributed by atoms with Crippen LogP contribution in [0.25, 0.3) is 6.08 Å². The minimum atomic E-state index is -1.22. The number of rotatable bonds is 5. The maximum atomic E-state index is 11.0. The molecule has 0 spiro atoms. The Morgan fingerprint density at radius 1 is 1.33 bits per heavy atom. The van der Waals surface area contributed by atoms with Crippen molar-refractivity contribution in [1.29, 1.82) is 0 Å². The zero-order valence-corrected chi connectivity index (χ0v) is 9.57. The summed E-state index contributed by atoms with van der Waals surface area (Å²) < 4.78 is 0. The van der Waals surface area contributed by atoms with Gasteiger partial charge >= 0.3 is 5.97 Å². The van der Waals surface area contributed by atoms with Crippen LogP contribution >= 0.6 is 0 Å². The first-order chi connectivity index (χ1) is 8.41. The number of aliphatic carboxylic acids is 1. The number of carboxylic acids is 1. The van der Waals surface area contributed by atoms with Gasteiger partial charge in [0.1, 0.15) is 11.7 Å². The van der Waals surface area contributed by atoms with Crippen LogP contribution in [0.5, 0.6) is 0 Å². The van der Waals surface area contributed by atoms with E-state index in [1.54, 1.807) is 0 Å². The molecular weight excluding hydrogens is 238 g/mol. The predicted molar refractivity (Wildman–Crippen MR) is 63.9 cm³/mol. The Morgan fingerprint density at radius 3 is 2.28 bits per heavy atom. The van der Waals surface area contributed by atoms with Crippen LogP contribution in [0, 0.1) is 16.0 Å². The van der Waals surface area contributed by atoms with Gasteiger partial charge < -0.3 is 5.11 Å². The Kier molecular flexibility index (Phi) is 4.31. The lowest BCUT2D eigenvalue weighted by atomic mass is 10.0. The number of hydrogen-bond donors (Lipinski definition) is 1. The molecule has 0 saturated carbocycles. The van der Waals surface area contributed by atoms with Crippen molar-refractivity contribution in [3.05, 3.63) is 46.0 Å². The largest absolute Gasteiger partial charge is 0.480 e. The second-order valence-electron chi connectivity index (χ2n) is 3.63. The number of benzene rings is 1. The molecular formula is C12H11NO5. The molecule has 1 rings (SSSR count). The van der Waals surface area contributed by atoms with Crippen LogP contribution in [0.1, 0.15) is 12.5 Å². The fourth-order valence-electron chi connectivity index (χ4n) is 1.31. The van der Waals surface area contributed by atoms with E-state index >= 15 is 0 Å². The summed E-state index contributed by atoms with van der Waals surface area (Å²) in [4.78, 5) is 31.7. The van der Waals surface area contributed by atoms with Gasteiger partial charge in [-0.25, -0.2) is 0 Å². The van der Waals surface area contributed by atoms with Gasteiger partial charge in [0.05, 0.1) is 4.92 Å². The molecule has 1 unspecified atom stereocenters. The van der Waals surface area contributed by atoms with Gasteiger partial charge in [-0.3, -0.25) is 19.7 Å². The lowest BCUT2D eigenvalue weighted by molar-refractivity contribution is -0.384. The average molecular weight is 249 g/mol. The Balaban J connectivity index is 2.86. The van der Waals surface area contributed by atoms with Crippen LogP contribution < -0.4 is 0 Å². The molecule has 6 nitrogen and oxygen atoms in total. The highest BCUT2D eigenvalue weighted by atomic mass is 16.6. The Bertz CT molecular complexity index is 490. The molecule has 94 valence electrons. The van der Waals surface area contributed by atoms with Crippen molar-refractivity contribution in [1.82, 2.24) is 0 Å². The quantitative estimate of drug-likeness (QED) is 0.488. The van der Waals surface area contributed by atoms with Gasteiger partial charge in [0.2, 0.25) is 0 Å². The maximum absolute atomic E-state index is 11.0. The summed E-state index contributed by atoms with van der Waals surface area (Å²) in [5, 5.41) is 19.2. The number of hydrogen-bond acceptors (Lipinski definition) is 4. The van der Waals surface area contributed by atoms with Gasteiger partial charge in [0, 0.05) is 12.1 Å². The summed E-state index contributed by atoms with van der Waals surface area (Å²) in [5.41, 5.74) is 0.543. The molecule has 0 amide bonds. The van der Waals surface area contributed by atoms with Gasteiger partial charge in [-0.2, -0.15) is 0 Å². The number of carboxylic acid groups (broad SMARTS) is 1. The van der Waals surface area contributed by atoms with Crippen molar-refractivity contribution in [2.45, 2.75) is 6.92 Å². The second-order valence-corrected chi connectivity index (χ2v) is 3.63. The van der Waals surface area contributed by atoms with E-state index < -0.39 is 22.6 Å². The molecule has 1 aromatic rings. The van der Waals surface area contributed by atoms with Crippen LogP contribution in [0.15, 0.2) is 30.3 Å². The monoisotopic (exact) mass is 249 g/mol. The Morgan fingerprint density at radius 2 is 1.89 bits per heavy atom. The molecule has 6 heteroatoms. The van der Waals surface area contributed by atoms with Crippen LogP contribution in [0.4, 0.5) is 5.69 Å². The number of carbonyl (C=O) groups is 2. The molecule has 0 heterocycles. The number of carbonyl (C=O) groups excluding carboxylic acids is 1. The number of nitro benzene ring substituents is 1. The van der Waals surface area contributed by atoms with Crippen LogP contribution in [0.3, 0.4) is 0 Å². The molecule has 0 fully saturated rings. The molecule has 1 atom stereocenters. The Hall–Kier alpha value is -2.50. The van der Waals surface area contributed by atoms with Crippen molar-refractivity contribution >= 4 is 23.5 Å². The van der Waals surface area contributed by atoms with E-state index in [1.165, 1.54) is 43.3 Å². The van der Waals surface area contributed by atoms with E-state index in [0.29, 0.717) is 5.56 Å². The highest BCUT2D eigenvalue weighted by Crippen LogP contribution is 2.14. The normalized spacial score (nSPS) is 12.3. The summed E-state index contributed by atoms with van der Waals surface area (Å²) >= 11 is 0. The fraction of sp³-hybridized carbons (Fsp3) is 0.167. The van der Waals surface area contributed by atoms with Crippen LogP contribution in [-0.2, 0) is 9.59 Å². The first-order valence-corrected chi connectivity index (χ1v) is 5.07. The first kappa shape index (κ1) is 13.6. The molecule has 0 saturated heterocycles. The number of non-ortho nitro benzene ring substituents is 1. The van der Waals surface area contributed by atoms with E-state index in [2.05, 4.69) is 0 Å². The number of Topliss-reactive ketones (excluding diaryl/α,β-unsaturated/α-hetero) is 1. The lowest BCUT2D eigenvalue weighted by Gasteiger charge is -2.01. The second kappa shape index (κ2) is 5.72. The molecule has 0 aliphatic rings. The van der Waals surface area contributed by atoms with Crippen molar-refractivity contribution < 1.29 is 19.6 Å². The third-order valence-corrected chi connectivity index (χ3v) is 2.29. The van der Waals surface area contributed by atoms with Crippen LogP contribution in [-0.4, -0.2) is 21.8 Å². The highest BCUT2D eigenvalue weighted by molar-refractivity contribution is 5.99. The molecule has 18 heavy (non-hydrogen) atoms. The van der Waals surface area contributed by atoms with E-state index in [1.807, 2.05) is 0 Å². The molecule has 0 aliphatic heterocycles. The molecule has 1 N–H and O–H groups in total. The van der Waals surface area contributed by atoms with Crippen molar-refractivity contribution in [3.8, 4) is 0 Å². The number of ketones is 1. The van der Waals surface area contributed by atoms with Gasteiger partial charge in [-0.05, 0) is 24.6 Å². The molecule has 0 radical (unpaired) electrons. The maximum Gasteiger partial charge on any atom is 0.317 e. The van der Waals surface area contributed by atoms with Gasteiger partial charge in [0.25, 0.3) is 5.69 Å². The summed E-state index contributed by atoms with van der Waals surface area (Å²) in [7, 11) is 0. The molecule has 0 aromatic heterocycles. The van der Waals surface area contributed by atoms with Crippen LogP contribution in [0.2, 0.25) is 0 Å². The topological polar surface area (TPSA) is 97.5 Å².